The summed E-state index contributed by atoms with van der Waals surface area (Å²) in [5.41, 5.74) is 0. The van der Waals surface area contributed by atoms with Crippen molar-refractivity contribution in [3.05, 3.63) is 0 Å². The quantitative estimate of drug-likeness (QED) is 0.529. The van der Waals surface area contributed by atoms with Crippen molar-refractivity contribution in [2.75, 3.05) is 0 Å². The SMILES string of the molecule is O=[C]C1CCC(O)C1. The molecule has 1 saturated carbocycles. The molecule has 2 heteroatoms. The Morgan fingerprint density at radius 3 is 2.50 bits per heavy atom. The van der Waals surface area contributed by atoms with Gasteiger partial charge in [0.25, 0.3) is 0 Å². The maximum atomic E-state index is 9.92. The van der Waals surface area contributed by atoms with Gasteiger partial charge in [-0.2, -0.15) is 0 Å². The van der Waals surface area contributed by atoms with Gasteiger partial charge in [0.15, 0.2) is 0 Å². The molecule has 0 saturated heterocycles. The molecule has 1 aliphatic carbocycles. The van der Waals surface area contributed by atoms with Crippen molar-refractivity contribution >= 4 is 6.29 Å². The van der Waals surface area contributed by atoms with Crippen LogP contribution in [0.2, 0.25) is 0 Å². The van der Waals surface area contributed by atoms with Crippen LogP contribution in [0.1, 0.15) is 19.3 Å². The first-order chi connectivity index (χ1) is 3.83. The third-order valence-electron chi connectivity index (χ3n) is 1.57. The Hall–Kier alpha value is -0.370. The van der Waals surface area contributed by atoms with E-state index in [1.807, 2.05) is 6.29 Å². The summed E-state index contributed by atoms with van der Waals surface area (Å²) in [6, 6.07) is 0. The van der Waals surface area contributed by atoms with Crippen LogP contribution in [-0.4, -0.2) is 17.5 Å². The summed E-state index contributed by atoms with van der Waals surface area (Å²) in [6.45, 7) is 0. The fourth-order valence-electron chi connectivity index (χ4n) is 1.06. The zero-order chi connectivity index (χ0) is 5.98. The van der Waals surface area contributed by atoms with Gasteiger partial charge in [-0.1, -0.05) is 0 Å². The molecule has 0 spiro atoms. The first-order valence-electron chi connectivity index (χ1n) is 2.88. The fourth-order valence-corrected chi connectivity index (χ4v) is 1.06. The van der Waals surface area contributed by atoms with Gasteiger partial charge in [0.05, 0.1) is 6.10 Å². The molecule has 45 valence electrons. The molecule has 0 aliphatic heterocycles. The number of hydrogen-bond donors (Lipinski definition) is 1. The second-order valence-electron chi connectivity index (χ2n) is 2.28. The van der Waals surface area contributed by atoms with Gasteiger partial charge in [-0.05, 0) is 19.3 Å². The highest BCUT2D eigenvalue weighted by molar-refractivity contribution is 5.54. The van der Waals surface area contributed by atoms with E-state index in [2.05, 4.69) is 0 Å². The lowest BCUT2D eigenvalue weighted by Crippen LogP contribution is -2.00. The molecule has 1 N–H and O–H groups in total. The summed E-state index contributed by atoms with van der Waals surface area (Å²) in [5, 5.41) is 8.85. The molecular weight excluding hydrogens is 104 g/mol. The van der Waals surface area contributed by atoms with Gasteiger partial charge in [0.2, 0.25) is 6.29 Å². The second kappa shape index (κ2) is 2.27. The van der Waals surface area contributed by atoms with Gasteiger partial charge in [-0.15, -0.1) is 0 Å². The van der Waals surface area contributed by atoms with E-state index in [1.54, 1.807) is 0 Å². The van der Waals surface area contributed by atoms with Crippen LogP contribution < -0.4 is 0 Å². The second-order valence-corrected chi connectivity index (χ2v) is 2.28. The number of carbonyl (C=O) groups excluding carboxylic acids is 1. The van der Waals surface area contributed by atoms with Crippen molar-refractivity contribution in [3.63, 3.8) is 0 Å². The van der Waals surface area contributed by atoms with E-state index in [0.717, 1.165) is 12.8 Å². The third-order valence-corrected chi connectivity index (χ3v) is 1.57. The van der Waals surface area contributed by atoms with E-state index in [9.17, 15) is 4.79 Å². The molecule has 2 atom stereocenters. The number of hydrogen-bond acceptors (Lipinski definition) is 2. The lowest BCUT2D eigenvalue weighted by atomic mass is 10.1. The molecule has 1 aliphatic rings. The van der Waals surface area contributed by atoms with Crippen molar-refractivity contribution in [1.82, 2.24) is 0 Å². The summed E-state index contributed by atoms with van der Waals surface area (Å²) >= 11 is 0. The van der Waals surface area contributed by atoms with Gasteiger partial charge in [0, 0.05) is 5.92 Å². The largest absolute Gasteiger partial charge is 0.393 e. The van der Waals surface area contributed by atoms with Gasteiger partial charge in [0.1, 0.15) is 0 Å². The average Bonchev–Trinajstić information content (AvgIpc) is 2.14. The predicted molar refractivity (Wildman–Crippen MR) is 29.0 cm³/mol. The number of rotatable bonds is 1. The molecule has 1 fully saturated rings. The van der Waals surface area contributed by atoms with E-state index >= 15 is 0 Å². The van der Waals surface area contributed by atoms with Crippen LogP contribution in [0.25, 0.3) is 0 Å². The summed E-state index contributed by atoms with van der Waals surface area (Å²) in [4.78, 5) is 9.92. The molecule has 1 radical (unpaired) electrons. The van der Waals surface area contributed by atoms with Crippen LogP contribution in [0.5, 0.6) is 0 Å². The van der Waals surface area contributed by atoms with Crippen LogP contribution in [0.4, 0.5) is 0 Å². The van der Waals surface area contributed by atoms with Gasteiger partial charge < -0.3 is 5.11 Å². The lowest BCUT2D eigenvalue weighted by molar-refractivity contribution is 0.180. The average molecular weight is 113 g/mol. The Kier molecular flexibility index (Phi) is 1.63. The smallest absolute Gasteiger partial charge is 0.201 e. The number of aliphatic hydroxyl groups excluding tert-OH is 1. The van der Waals surface area contributed by atoms with Crippen LogP contribution in [0.3, 0.4) is 0 Å². The Labute approximate surface area is 48.5 Å². The van der Waals surface area contributed by atoms with Crippen molar-refractivity contribution < 1.29 is 9.90 Å². The highest BCUT2D eigenvalue weighted by Crippen LogP contribution is 2.22. The highest BCUT2D eigenvalue weighted by atomic mass is 16.3. The summed E-state index contributed by atoms with van der Waals surface area (Å²) in [7, 11) is 0. The van der Waals surface area contributed by atoms with Crippen molar-refractivity contribution in [2.24, 2.45) is 5.92 Å². The minimum Gasteiger partial charge on any atom is -0.393 e. The lowest BCUT2D eigenvalue weighted by Gasteiger charge is -1.94. The summed E-state index contributed by atoms with van der Waals surface area (Å²) in [6.07, 6.45) is 3.88. The Morgan fingerprint density at radius 1 is 1.50 bits per heavy atom. The maximum absolute atomic E-state index is 9.92. The monoisotopic (exact) mass is 113 g/mol. The van der Waals surface area contributed by atoms with E-state index in [-0.39, 0.29) is 12.0 Å². The van der Waals surface area contributed by atoms with E-state index in [4.69, 9.17) is 5.11 Å². The topological polar surface area (TPSA) is 37.3 Å². The maximum Gasteiger partial charge on any atom is 0.201 e. The Bertz CT molecular complexity index is 90.5. The van der Waals surface area contributed by atoms with Crippen molar-refractivity contribution in [2.45, 2.75) is 25.4 Å². The van der Waals surface area contributed by atoms with Crippen LogP contribution in [0, 0.1) is 5.92 Å². The van der Waals surface area contributed by atoms with Gasteiger partial charge in [-0.3, -0.25) is 4.79 Å². The molecule has 0 amide bonds. The van der Waals surface area contributed by atoms with Crippen LogP contribution >= 0.6 is 0 Å². The molecular formula is C6H9O2. The predicted octanol–water partition coefficient (Wildman–Crippen LogP) is 0.257. The molecule has 0 aromatic carbocycles. The zero-order valence-electron chi connectivity index (χ0n) is 4.63. The van der Waals surface area contributed by atoms with E-state index < -0.39 is 0 Å². The summed E-state index contributed by atoms with van der Waals surface area (Å²) in [5.74, 6) is 0.0185. The van der Waals surface area contributed by atoms with E-state index in [1.165, 1.54) is 0 Å². The first kappa shape index (κ1) is 5.76. The molecule has 0 heterocycles. The third kappa shape index (κ3) is 1.07. The standard InChI is InChI=1S/C6H9O2/c7-4-5-1-2-6(8)3-5/h5-6,8H,1-3H2. The zero-order valence-corrected chi connectivity index (χ0v) is 4.63. The minimum atomic E-state index is -0.235. The molecule has 8 heavy (non-hydrogen) atoms. The molecule has 1 rings (SSSR count). The normalized spacial score (nSPS) is 37.6. The molecule has 0 aromatic rings. The van der Waals surface area contributed by atoms with E-state index in [0.29, 0.717) is 6.42 Å². The number of aliphatic hydroxyl groups is 1. The molecule has 0 aromatic heterocycles. The fraction of sp³-hybridized carbons (Fsp3) is 0.833. The first-order valence-corrected chi connectivity index (χ1v) is 2.88. The molecule has 0 bridgehead atoms. The minimum absolute atomic E-state index is 0.0185. The highest BCUT2D eigenvalue weighted by Gasteiger charge is 2.22. The van der Waals surface area contributed by atoms with Gasteiger partial charge in [-0.25, -0.2) is 0 Å². The van der Waals surface area contributed by atoms with Crippen molar-refractivity contribution in [1.29, 1.82) is 0 Å². The van der Waals surface area contributed by atoms with Gasteiger partial charge >= 0.3 is 0 Å². The van der Waals surface area contributed by atoms with Crippen molar-refractivity contribution in [3.8, 4) is 0 Å². The molecule has 2 nitrogen and oxygen atoms in total. The van der Waals surface area contributed by atoms with Crippen LogP contribution in [-0.2, 0) is 4.79 Å². The Morgan fingerprint density at radius 2 is 2.25 bits per heavy atom. The summed E-state index contributed by atoms with van der Waals surface area (Å²) < 4.78 is 0. The Balaban J connectivity index is 2.32. The van der Waals surface area contributed by atoms with Crippen LogP contribution in [0.15, 0.2) is 0 Å². The molecule has 2 unspecified atom stereocenters.